The molecule has 2 amide bonds. The van der Waals surface area contributed by atoms with Crippen molar-refractivity contribution >= 4 is 23.2 Å². The maximum atomic E-state index is 12.3. The molecule has 2 aromatic carbocycles. The molecule has 0 radical (unpaired) electrons. The van der Waals surface area contributed by atoms with E-state index in [0.717, 1.165) is 5.56 Å². The number of amides is 2. The maximum Gasteiger partial charge on any atom is 0.307 e. The van der Waals surface area contributed by atoms with Crippen molar-refractivity contribution in [1.82, 2.24) is 5.43 Å². The summed E-state index contributed by atoms with van der Waals surface area (Å²) in [4.78, 5) is 23.8. The monoisotopic (exact) mass is 405 g/mol. The highest BCUT2D eigenvalue weighted by Crippen LogP contribution is 2.28. The van der Waals surface area contributed by atoms with Crippen LogP contribution in [0, 0.1) is 0 Å². The van der Waals surface area contributed by atoms with E-state index in [0.29, 0.717) is 28.7 Å². The van der Waals surface area contributed by atoms with E-state index in [1.54, 1.807) is 37.3 Å². The average molecular weight is 405 g/mol. The molecule has 0 saturated carbocycles. The zero-order valence-corrected chi connectivity index (χ0v) is 16.2. The highest BCUT2D eigenvalue weighted by molar-refractivity contribution is 6.03. The van der Waals surface area contributed by atoms with Crippen molar-refractivity contribution in [3.8, 4) is 11.5 Å². The van der Waals surface area contributed by atoms with Gasteiger partial charge in [0.25, 0.3) is 5.91 Å². The Morgan fingerprint density at radius 2 is 2.00 bits per heavy atom. The number of carbonyl (C=O) groups is 2. The number of hydrogen-bond donors (Lipinski definition) is 2. The van der Waals surface area contributed by atoms with Crippen molar-refractivity contribution in [3.05, 3.63) is 77.7 Å². The Hall–Kier alpha value is -4.07. The molecular formula is C22H19N3O5. The Morgan fingerprint density at radius 3 is 2.83 bits per heavy atom. The molecule has 4 rings (SSSR count). The van der Waals surface area contributed by atoms with Gasteiger partial charge in [-0.05, 0) is 55.0 Å². The Bertz CT molecular complexity index is 1100. The molecule has 0 aliphatic carbocycles. The maximum absolute atomic E-state index is 12.3. The molecule has 1 aliphatic rings. The van der Waals surface area contributed by atoms with Gasteiger partial charge in [-0.25, -0.2) is 5.43 Å². The van der Waals surface area contributed by atoms with Crippen LogP contribution in [0.1, 0.15) is 28.8 Å². The van der Waals surface area contributed by atoms with Gasteiger partial charge in [0.2, 0.25) is 0 Å². The van der Waals surface area contributed by atoms with Gasteiger partial charge in [-0.3, -0.25) is 9.59 Å². The molecule has 0 atom stereocenters. The summed E-state index contributed by atoms with van der Waals surface area (Å²) in [5.74, 6) is 1.27. The van der Waals surface area contributed by atoms with Gasteiger partial charge in [0.05, 0.1) is 11.4 Å². The third kappa shape index (κ3) is 4.49. The number of hydrogen-bond acceptors (Lipinski definition) is 6. The highest BCUT2D eigenvalue weighted by atomic mass is 16.5. The standard InChI is InChI=1S/C22H19N3O5/c1-14(15-7-9-19-18(11-15)23-21(26)13-29-19)24-25-22(27)20-10-8-17(30-20)12-28-16-5-3-2-4-6-16/h2-11H,12-13H2,1H3,(H,23,26)(H,25,27)/b24-14-. The number of benzene rings is 2. The van der Waals surface area contributed by atoms with E-state index >= 15 is 0 Å². The largest absolute Gasteiger partial charge is 0.486 e. The Morgan fingerprint density at radius 1 is 1.17 bits per heavy atom. The fourth-order valence-electron chi connectivity index (χ4n) is 2.81. The minimum absolute atomic E-state index is 0.00298. The van der Waals surface area contributed by atoms with Crippen molar-refractivity contribution in [2.45, 2.75) is 13.5 Å². The Balaban J connectivity index is 1.37. The van der Waals surface area contributed by atoms with E-state index < -0.39 is 5.91 Å². The molecule has 1 aliphatic heterocycles. The average Bonchev–Trinajstić information content (AvgIpc) is 3.25. The summed E-state index contributed by atoms with van der Waals surface area (Å²) >= 11 is 0. The molecular weight excluding hydrogens is 386 g/mol. The first kappa shape index (κ1) is 19.3. The third-order valence-corrected chi connectivity index (χ3v) is 4.37. The minimum atomic E-state index is -0.477. The Labute approximate surface area is 172 Å². The van der Waals surface area contributed by atoms with Crippen molar-refractivity contribution < 1.29 is 23.5 Å². The van der Waals surface area contributed by atoms with Crippen LogP contribution in [0.2, 0.25) is 0 Å². The van der Waals surface area contributed by atoms with Crippen LogP contribution < -0.4 is 20.2 Å². The van der Waals surface area contributed by atoms with Crippen LogP contribution >= 0.6 is 0 Å². The fourth-order valence-corrected chi connectivity index (χ4v) is 2.81. The minimum Gasteiger partial charge on any atom is -0.486 e. The predicted octanol–water partition coefficient (Wildman–Crippen LogP) is 3.34. The number of rotatable bonds is 6. The molecule has 30 heavy (non-hydrogen) atoms. The quantitative estimate of drug-likeness (QED) is 0.484. The lowest BCUT2D eigenvalue weighted by molar-refractivity contribution is -0.118. The van der Waals surface area contributed by atoms with Crippen LogP contribution in [0.5, 0.6) is 11.5 Å². The van der Waals surface area contributed by atoms with Crippen molar-refractivity contribution in [2.75, 3.05) is 11.9 Å². The van der Waals surface area contributed by atoms with Crippen molar-refractivity contribution in [1.29, 1.82) is 0 Å². The summed E-state index contributed by atoms with van der Waals surface area (Å²) in [5.41, 5.74) is 4.33. The summed E-state index contributed by atoms with van der Waals surface area (Å²) in [6.07, 6.45) is 0. The van der Waals surface area contributed by atoms with Gasteiger partial charge in [0, 0.05) is 0 Å². The molecule has 0 fully saturated rings. The normalized spacial score (nSPS) is 13.1. The van der Waals surface area contributed by atoms with E-state index in [9.17, 15) is 9.59 Å². The van der Waals surface area contributed by atoms with E-state index in [4.69, 9.17) is 13.9 Å². The smallest absolute Gasteiger partial charge is 0.307 e. The van der Waals surface area contributed by atoms with Gasteiger partial charge in [-0.1, -0.05) is 18.2 Å². The molecule has 3 aromatic rings. The SMILES string of the molecule is C/C(=N/NC(=O)c1ccc(COc2ccccc2)o1)c1ccc2c(c1)NC(=O)CO2. The van der Waals surface area contributed by atoms with Crippen LogP contribution in [0.25, 0.3) is 0 Å². The van der Waals surface area contributed by atoms with Gasteiger partial charge >= 0.3 is 5.91 Å². The number of fused-ring (bicyclic) bond motifs is 1. The van der Waals surface area contributed by atoms with E-state index in [1.165, 1.54) is 0 Å². The van der Waals surface area contributed by atoms with Gasteiger partial charge in [0.1, 0.15) is 23.9 Å². The second-order valence-electron chi connectivity index (χ2n) is 6.55. The zero-order chi connectivity index (χ0) is 20.9. The topological polar surface area (TPSA) is 102 Å². The number of nitrogens with one attached hydrogen (secondary N) is 2. The fraction of sp³-hybridized carbons (Fsp3) is 0.136. The van der Waals surface area contributed by atoms with Crippen LogP contribution in [-0.4, -0.2) is 24.1 Å². The number of furan rings is 1. The lowest BCUT2D eigenvalue weighted by Crippen LogP contribution is -2.25. The van der Waals surface area contributed by atoms with E-state index in [1.807, 2.05) is 30.3 Å². The van der Waals surface area contributed by atoms with Crippen LogP contribution in [0.15, 0.2) is 70.2 Å². The predicted molar refractivity (Wildman–Crippen MR) is 110 cm³/mol. The van der Waals surface area contributed by atoms with Gasteiger partial charge in [-0.2, -0.15) is 5.10 Å². The summed E-state index contributed by atoms with van der Waals surface area (Å²) in [5, 5.41) is 6.85. The number of carbonyl (C=O) groups excluding carboxylic acids is 2. The lowest BCUT2D eigenvalue weighted by Gasteiger charge is -2.18. The molecule has 2 heterocycles. The van der Waals surface area contributed by atoms with Gasteiger partial charge in [-0.15, -0.1) is 0 Å². The third-order valence-electron chi connectivity index (χ3n) is 4.37. The van der Waals surface area contributed by atoms with Gasteiger partial charge in [0.15, 0.2) is 12.4 Å². The molecule has 0 spiro atoms. The molecule has 152 valence electrons. The molecule has 8 heteroatoms. The van der Waals surface area contributed by atoms with E-state index in [-0.39, 0.29) is 24.9 Å². The Kier molecular flexibility index (Phi) is 5.47. The number of nitrogens with zero attached hydrogens (tertiary/aromatic N) is 1. The van der Waals surface area contributed by atoms with Crippen molar-refractivity contribution in [2.24, 2.45) is 5.10 Å². The summed E-state index contributed by atoms with van der Waals surface area (Å²) < 4.78 is 16.5. The first-order valence-electron chi connectivity index (χ1n) is 9.27. The second kappa shape index (κ2) is 8.52. The summed E-state index contributed by atoms with van der Waals surface area (Å²) in [6, 6.07) is 17.9. The van der Waals surface area contributed by atoms with Gasteiger partial charge < -0.3 is 19.2 Å². The number of anilines is 1. The lowest BCUT2D eigenvalue weighted by atomic mass is 10.1. The molecule has 8 nitrogen and oxygen atoms in total. The molecule has 2 N–H and O–H groups in total. The highest BCUT2D eigenvalue weighted by Gasteiger charge is 2.17. The van der Waals surface area contributed by atoms with Crippen LogP contribution in [0.4, 0.5) is 5.69 Å². The summed E-state index contributed by atoms with van der Waals surface area (Å²) in [6.45, 7) is 1.95. The molecule has 0 bridgehead atoms. The molecule has 1 aromatic heterocycles. The zero-order valence-electron chi connectivity index (χ0n) is 16.2. The first-order chi connectivity index (χ1) is 14.6. The van der Waals surface area contributed by atoms with E-state index in [2.05, 4.69) is 15.8 Å². The molecule has 0 saturated heterocycles. The first-order valence-corrected chi connectivity index (χ1v) is 9.27. The molecule has 0 unspecified atom stereocenters. The van der Waals surface area contributed by atoms with Crippen LogP contribution in [0.3, 0.4) is 0 Å². The van der Waals surface area contributed by atoms with Crippen molar-refractivity contribution in [3.63, 3.8) is 0 Å². The second-order valence-corrected chi connectivity index (χ2v) is 6.55. The number of para-hydroxylation sites is 1. The summed E-state index contributed by atoms with van der Waals surface area (Å²) in [7, 11) is 0. The number of ether oxygens (including phenoxy) is 2. The van der Waals surface area contributed by atoms with Crippen LogP contribution in [-0.2, 0) is 11.4 Å². The number of hydrazone groups is 1.